The SMILES string of the molecule is COCc1cccc(C(CN)Nc2cccc(F)c2)c1. The number of ether oxygens (including phenoxy) is 1. The van der Waals surface area contributed by atoms with Crippen molar-refractivity contribution in [3.8, 4) is 0 Å². The Morgan fingerprint density at radius 2 is 2.00 bits per heavy atom. The van der Waals surface area contributed by atoms with Crippen LogP contribution in [0, 0.1) is 5.82 Å². The molecule has 1 atom stereocenters. The van der Waals surface area contributed by atoms with E-state index >= 15 is 0 Å². The summed E-state index contributed by atoms with van der Waals surface area (Å²) in [6.07, 6.45) is 0. The smallest absolute Gasteiger partial charge is 0.125 e. The summed E-state index contributed by atoms with van der Waals surface area (Å²) >= 11 is 0. The first-order chi connectivity index (χ1) is 9.72. The lowest BCUT2D eigenvalue weighted by atomic mass is 10.0. The van der Waals surface area contributed by atoms with Gasteiger partial charge in [0.05, 0.1) is 12.6 Å². The van der Waals surface area contributed by atoms with E-state index in [0.29, 0.717) is 13.2 Å². The van der Waals surface area contributed by atoms with Crippen LogP contribution in [0.1, 0.15) is 17.2 Å². The van der Waals surface area contributed by atoms with Gasteiger partial charge in [-0.1, -0.05) is 30.3 Å². The summed E-state index contributed by atoms with van der Waals surface area (Å²) in [5.74, 6) is -0.265. The van der Waals surface area contributed by atoms with Crippen LogP contribution < -0.4 is 11.1 Å². The second kappa shape index (κ2) is 7.03. The fraction of sp³-hybridized carbons (Fsp3) is 0.250. The second-order valence-corrected chi connectivity index (χ2v) is 4.62. The Labute approximate surface area is 118 Å². The maximum Gasteiger partial charge on any atom is 0.125 e. The first kappa shape index (κ1) is 14.5. The summed E-state index contributed by atoms with van der Waals surface area (Å²) in [5, 5.41) is 3.25. The predicted molar refractivity (Wildman–Crippen MR) is 79.0 cm³/mol. The highest BCUT2D eigenvalue weighted by Crippen LogP contribution is 2.20. The van der Waals surface area contributed by atoms with Gasteiger partial charge in [-0.2, -0.15) is 0 Å². The van der Waals surface area contributed by atoms with Crippen molar-refractivity contribution in [1.82, 2.24) is 0 Å². The Balaban J connectivity index is 2.17. The molecular formula is C16H19FN2O. The molecule has 0 heterocycles. The van der Waals surface area contributed by atoms with Crippen LogP contribution in [0.25, 0.3) is 0 Å². The van der Waals surface area contributed by atoms with E-state index in [9.17, 15) is 4.39 Å². The molecule has 0 saturated heterocycles. The summed E-state index contributed by atoms with van der Waals surface area (Å²) < 4.78 is 18.3. The molecule has 1 unspecified atom stereocenters. The van der Waals surface area contributed by atoms with E-state index in [1.807, 2.05) is 30.3 Å². The van der Waals surface area contributed by atoms with E-state index in [-0.39, 0.29) is 11.9 Å². The lowest BCUT2D eigenvalue weighted by molar-refractivity contribution is 0.185. The molecule has 0 radical (unpaired) electrons. The van der Waals surface area contributed by atoms with Crippen LogP contribution in [0.2, 0.25) is 0 Å². The van der Waals surface area contributed by atoms with Crippen molar-refractivity contribution in [2.75, 3.05) is 19.0 Å². The third-order valence-corrected chi connectivity index (χ3v) is 3.07. The van der Waals surface area contributed by atoms with Crippen molar-refractivity contribution in [3.63, 3.8) is 0 Å². The lowest BCUT2D eigenvalue weighted by Crippen LogP contribution is -2.20. The van der Waals surface area contributed by atoms with Crippen LogP contribution in [-0.4, -0.2) is 13.7 Å². The molecule has 0 aliphatic heterocycles. The molecule has 0 spiro atoms. The number of methoxy groups -OCH3 is 1. The zero-order valence-corrected chi connectivity index (χ0v) is 11.5. The molecule has 0 fully saturated rings. The molecule has 2 aromatic carbocycles. The van der Waals surface area contributed by atoms with Crippen molar-refractivity contribution in [2.45, 2.75) is 12.6 Å². The van der Waals surface area contributed by atoms with E-state index in [0.717, 1.165) is 16.8 Å². The Morgan fingerprint density at radius 1 is 1.20 bits per heavy atom. The van der Waals surface area contributed by atoms with E-state index < -0.39 is 0 Å². The highest BCUT2D eigenvalue weighted by Gasteiger charge is 2.10. The van der Waals surface area contributed by atoms with E-state index in [4.69, 9.17) is 10.5 Å². The summed E-state index contributed by atoms with van der Waals surface area (Å²) in [6, 6.07) is 14.3. The molecule has 2 aromatic rings. The molecular weight excluding hydrogens is 255 g/mol. The molecule has 2 rings (SSSR count). The maximum atomic E-state index is 13.2. The van der Waals surface area contributed by atoms with Gasteiger partial charge in [-0.05, 0) is 29.3 Å². The van der Waals surface area contributed by atoms with E-state index in [2.05, 4.69) is 5.32 Å². The van der Waals surface area contributed by atoms with Crippen molar-refractivity contribution >= 4 is 5.69 Å². The molecule has 0 aliphatic rings. The van der Waals surface area contributed by atoms with Crippen LogP contribution in [0.5, 0.6) is 0 Å². The Kier molecular flexibility index (Phi) is 5.09. The summed E-state index contributed by atoms with van der Waals surface area (Å²) in [4.78, 5) is 0. The molecule has 0 aromatic heterocycles. The highest BCUT2D eigenvalue weighted by atomic mass is 19.1. The number of halogens is 1. The number of anilines is 1. The van der Waals surface area contributed by atoms with Crippen LogP contribution in [0.4, 0.5) is 10.1 Å². The fourth-order valence-corrected chi connectivity index (χ4v) is 2.12. The molecule has 106 valence electrons. The van der Waals surface area contributed by atoms with Crippen molar-refractivity contribution in [2.24, 2.45) is 5.73 Å². The monoisotopic (exact) mass is 274 g/mol. The predicted octanol–water partition coefficient (Wildman–Crippen LogP) is 3.08. The lowest BCUT2D eigenvalue weighted by Gasteiger charge is -2.19. The van der Waals surface area contributed by atoms with Crippen molar-refractivity contribution in [3.05, 3.63) is 65.5 Å². The summed E-state index contributed by atoms with van der Waals surface area (Å²) in [5.41, 5.74) is 8.70. The number of nitrogens with two attached hydrogens (primary N) is 1. The standard InChI is InChI=1S/C16H19FN2O/c1-20-11-12-4-2-5-13(8-12)16(10-18)19-15-7-3-6-14(17)9-15/h2-9,16,19H,10-11,18H2,1H3. The van der Waals surface area contributed by atoms with Gasteiger partial charge in [-0.3, -0.25) is 0 Å². The highest BCUT2D eigenvalue weighted by molar-refractivity contribution is 5.46. The van der Waals surface area contributed by atoms with Crippen LogP contribution in [0.3, 0.4) is 0 Å². The minimum atomic E-state index is -0.265. The number of hydrogen-bond donors (Lipinski definition) is 2. The quantitative estimate of drug-likeness (QED) is 0.851. The van der Waals surface area contributed by atoms with Gasteiger partial charge in [-0.15, -0.1) is 0 Å². The van der Waals surface area contributed by atoms with Gasteiger partial charge in [0.2, 0.25) is 0 Å². The fourth-order valence-electron chi connectivity index (χ4n) is 2.12. The van der Waals surface area contributed by atoms with Gasteiger partial charge in [0.1, 0.15) is 5.82 Å². The maximum absolute atomic E-state index is 13.2. The zero-order valence-electron chi connectivity index (χ0n) is 11.5. The molecule has 0 aliphatic carbocycles. The zero-order chi connectivity index (χ0) is 14.4. The number of rotatable bonds is 6. The van der Waals surface area contributed by atoms with Gasteiger partial charge < -0.3 is 15.8 Å². The Hall–Kier alpha value is -1.91. The largest absolute Gasteiger partial charge is 0.380 e. The third kappa shape index (κ3) is 3.79. The molecule has 3 nitrogen and oxygen atoms in total. The van der Waals surface area contributed by atoms with Crippen LogP contribution in [-0.2, 0) is 11.3 Å². The minimum absolute atomic E-state index is 0.0615. The minimum Gasteiger partial charge on any atom is -0.380 e. The van der Waals surface area contributed by atoms with Gasteiger partial charge in [0, 0.05) is 19.3 Å². The van der Waals surface area contributed by atoms with Gasteiger partial charge in [0.25, 0.3) is 0 Å². The first-order valence-corrected chi connectivity index (χ1v) is 6.53. The number of nitrogens with one attached hydrogen (secondary N) is 1. The van der Waals surface area contributed by atoms with Crippen LogP contribution in [0.15, 0.2) is 48.5 Å². The average molecular weight is 274 g/mol. The molecule has 3 N–H and O–H groups in total. The second-order valence-electron chi connectivity index (χ2n) is 4.62. The van der Waals surface area contributed by atoms with Crippen molar-refractivity contribution in [1.29, 1.82) is 0 Å². The topological polar surface area (TPSA) is 47.3 Å². The van der Waals surface area contributed by atoms with Gasteiger partial charge >= 0.3 is 0 Å². The normalized spacial score (nSPS) is 12.2. The summed E-state index contributed by atoms with van der Waals surface area (Å²) in [6.45, 7) is 0.984. The van der Waals surface area contributed by atoms with Crippen LogP contribution >= 0.6 is 0 Å². The van der Waals surface area contributed by atoms with E-state index in [1.165, 1.54) is 12.1 Å². The Bertz CT molecular complexity index is 560. The number of hydrogen-bond acceptors (Lipinski definition) is 3. The van der Waals surface area contributed by atoms with Crippen molar-refractivity contribution < 1.29 is 9.13 Å². The average Bonchev–Trinajstić information content (AvgIpc) is 2.45. The molecule has 20 heavy (non-hydrogen) atoms. The molecule has 0 bridgehead atoms. The Morgan fingerprint density at radius 3 is 2.70 bits per heavy atom. The molecule has 4 heteroatoms. The van der Waals surface area contributed by atoms with Gasteiger partial charge in [-0.25, -0.2) is 4.39 Å². The summed E-state index contributed by atoms with van der Waals surface area (Å²) in [7, 11) is 1.66. The van der Waals surface area contributed by atoms with Gasteiger partial charge in [0.15, 0.2) is 0 Å². The first-order valence-electron chi connectivity index (χ1n) is 6.53. The van der Waals surface area contributed by atoms with E-state index in [1.54, 1.807) is 13.2 Å². The number of benzene rings is 2. The molecule has 0 saturated carbocycles. The molecule has 0 amide bonds. The third-order valence-electron chi connectivity index (χ3n) is 3.07.